The highest BCUT2D eigenvalue weighted by Gasteiger charge is 2.23. The fourth-order valence-electron chi connectivity index (χ4n) is 2.62. The second-order valence-electron chi connectivity index (χ2n) is 6.75. The fraction of sp³-hybridized carbons (Fsp3) is 1.00. The lowest BCUT2D eigenvalue weighted by Gasteiger charge is -2.20. The molecular formula is C19H41O3PS. The van der Waals surface area contributed by atoms with Crippen LogP contribution in [0.4, 0.5) is 0 Å². The van der Waals surface area contributed by atoms with Gasteiger partial charge in [0.05, 0.1) is 6.10 Å². The molecule has 0 spiro atoms. The molecule has 3 nitrogen and oxygen atoms in total. The van der Waals surface area contributed by atoms with Gasteiger partial charge in [-0.15, -0.1) is 0 Å². The van der Waals surface area contributed by atoms with Crippen molar-refractivity contribution in [2.75, 3.05) is 17.7 Å². The zero-order valence-corrected chi connectivity index (χ0v) is 18.0. The Morgan fingerprint density at radius 3 is 2.00 bits per heavy atom. The molecule has 0 aliphatic rings. The van der Waals surface area contributed by atoms with Crippen molar-refractivity contribution in [2.24, 2.45) is 0 Å². The van der Waals surface area contributed by atoms with Crippen molar-refractivity contribution in [1.82, 2.24) is 0 Å². The Morgan fingerprint density at radius 2 is 1.42 bits per heavy atom. The highest BCUT2D eigenvalue weighted by atomic mass is 32.2. The van der Waals surface area contributed by atoms with Crippen LogP contribution in [0.5, 0.6) is 0 Å². The van der Waals surface area contributed by atoms with Gasteiger partial charge in [-0.25, -0.2) is 0 Å². The Balaban J connectivity index is 3.76. The number of hydrogen-bond donors (Lipinski definition) is 1. The summed E-state index contributed by atoms with van der Waals surface area (Å²) in [5, 5.41) is 0. The van der Waals surface area contributed by atoms with Crippen LogP contribution in [-0.2, 0) is 9.09 Å². The summed E-state index contributed by atoms with van der Waals surface area (Å²) < 4.78 is 17.8. The second kappa shape index (κ2) is 16.9. The van der Waals surface area contributed by atoms with Crippen LogP contribution in [0.25, 0.3) is 0 Å². The van der Waals surface area contributed by atoms with E-state index in [-0.39, 0.29) is 6.10 Å². The first-order valence-electron chi connectivity index (χ1n) is 10.1. The van der Waals surface area contributed by atoms with Crippen molar-refractivity contribution in [2.45, 2.75) is 104 Å². The Morgan fingerprint density at radius 1 is 0.875 bits per heavy atom. The summed E-state index contributed by atoms with van der Waals surface area (Å²) in [6, 6.07) is 0. The second-order valence-corrected chi connectivity index (χ2v) is 9.84. The van der Waals surface area contributed by atoms with Crippen molar-refractivity contribution < 1.29 is 14.0 Å². The molecule has 0 rings (SSSR count). The first kappa shape index (κ1) is 24.5. The molecule has 1 unspecified atom stereocenters. The Kier molecular flexibility index (Phi) is 17.3. The van der Waals surface area contributed by atoms with E-state index in [0.717, 1.165) is 30.8 Å². The van der Waals surface area contributed by atoms with Gasteiger partial charge in [-0.1, -0.05) is 78.6 Å². The van der Waals surface area contributed by atoms with Crippen molar-refractivity contribution in [3.05, 3.63) is 0 Å². The average Bonchev–Trinajstić information content (AvgIpc) is 2.56. The molecule has 0 fully saturated rings. The molecule has 146 valence electrons. The predicted octanol–water partition coefficient (Wildman–Crippen LogP) is 7.03. The molecule has 0 amide bonds. The number of hydrogen-bond acceptors (Lipinski definition) is 3. The van der Waals surface area contributed by atoms with Gasteiger partial charge in [0.1, 0.15) is 0 Å². The molecule has 0 bridgehead atoms. The van der Waals surface area contributed by atoms with E-state index in [1.807, 2.05) is 18.7 Å². The number of rotatable bonds is 18. The molecule has 0 aliphatic carbocycles. The molecule has 0 saturated heterocycles. The zero-order chi connectivity index (χ0) is 18.1. The van der Waals surface area contributed by atoms with E-state index < -0.39 is 7.60 Å². The lowest BCUT2D eigenvalue weighted by molar-refractivity contribution is 0.189. The molecule has 1 N–H and O–H groups in total. The molecule has 0 aliphatic heterocycles. The van der Waals surface area contributed by atoms with E-state index in [0.29, 0.717) is 6.16 Å². The number of thioether (sulfide) groups is 1. The molecule has 24 heavy (non-hydrogen) atoms. The third-order valence-electron chi connectivity index (χ3n) is 4.26. The maximum atomic E-state index is 12.2. The lowest BCUT2D eigenvalue weighted by atomic mass is 10.1. The first-order chi connectivity index (χ1) is 11.6. The topological polar surface area (TPSA) is 46.5 Å². The molecule has 5 heteroatoms. The quantitative estimate of drug-likeness (QED) is 0.205. The molecule has 0 aromatic carbocycles. The SMILES string of the molecule is CCCCCCCCP(=O)(O)O[C@@H](CC)CSCCCCCCC. The third kappa shape index (κ3) is 16.0. The monoisotopic (exact) mass is 380 g/mol. The van der Waals surface area contributed by atoms with Crippen LogP contribution >= 0.6 is 19.4 Å². The van der Waals surface area contributed by atoms with Crippen LogP contribution in [0, 0.1) is 0 Å². The van der Waals surface area contributed by atoms with Gasteiger partial charge < -0.3 is 9.42 Å². The summed E-state index contributed by atoms with van der Waals surface area (Å²) in [4.78, 5) is 10.0. The van der Waals surface area contributed by atoms with Crippen molar-refractivity contribution >= 4 is 19.4 Å². The number of unbranched alkanes of at least 4 members (excludes halogenated alkanes) is 9. The molecule has 0 aromatic rings. The molecular weight excluding hydrogens is 339 g/mol. The van der Waals surface area contributed by atoms with Gasteiger partial charge in [0.25, 0.3) is 0 Å². The smallest absolute Gasteiger partial charge is 0.324 e. The summed E-state index contributed by atoms with van der Waals surface area (Å²) in [5.74, 6) is 1.97. The Bertz CT molecular complexity index is 313. The molecule has 0 heterocycles. The van der Waals surface area contributed by atoms with Crippen molar-refractivity contribution in [3.8, 4) is 0 Å². The highest BCUT2D eigenvalue weighted by molar-refractivity contribution is 7.99. The minimum atomic E-state index is -3.40. The zero-order valence-electron chi connectivity index (χ0n) is 16.3. The molecule has 2 atom stereocenters. The lowest BCUT2D eigenvalue weighted by Crippen LogP contribution is -2.14. The molecule has 0 aromatic heterocycles. The maximum absolute atomic E-state index is 12.2. The Hall–Kier alpha value is 0.500. The van der Waals surface area contributed by atoms with Crippen molar-refractivity contribution in [1.29, 1.82) is 0 Å². The van der Waals surface area contributed by atoms with Crippen LogP contribution in [0.3, 0.4) is 0 Å². The Labute approximate surface area is 155 Å². The third-order valence-corrected chi connectivity index (χ3v) is 6.95. The van der Waals surface area contributed by atoms with E-state index in [2.05, 4.69) is 13.8 Å². The van der Waals surface area contributed by atoms with E-state index >= 15 is 0 Å². The van der Waals surface area contributed by atoms with Gasteiger partial charge in [0.15, 0.2) is 0 Å². The average molecular weight is 381 g/mol. The summed E-state index contributed by atoms with van der Waals surface area (Å²) >= 11 is 1.86. The predicted molar refractivity (Wildman–Crippen MR) is 109 cm³/mol. The van der Waals surface area contributed by atoms with E-state index in [1.165, 1.54) is 57.8 Å². The fourth-order valence-corrected chi connectivity index (χ4v) is 5.28. The van der Waals surface area contributed by atoms with E-state index in [9.17, 15) is 9.46 Å². The van der Waals surface area contributed by atoms with Gasteiger partial charge in [-0.3, -0.25) is 4.57 Å². The summed E-state index contributed by atoms with van der Waals surface area (Å²) in [6.07, 6.45) is 14.3. The van der Waals surface area contributed by atoms with Crippen LogP contribution in [0.2, 0.25) is 0 Å². The van der Waals surface area contributed by atoms with Crippen molar-refractivity contribution in [3.63, 3.8) is 0 Å². The first-order valence-corrected chi connectivity index (χ1v) is 13.0. The summed E-state index contributed by atoms with van der Waals surface area (Å²) in [6.45, 7) is 6.47. The standard InChI is InChI=1S/C19H41O3PS/c1-4-7-9-11-12-14-16-23(20,21)22-19(6-3)18-24-17-15-13-10-8-5-2/h19H,4-18H2,1-3H3,(H,20,21)/t19-/m0/s1. The van der Waals surface area contributed by atoms with Crippen LogP contribution in [0.1, 0.15) is 97.8 Å². The van der Waals surface area contributed by atoms with Gasteiger partial charge in [0.2, 0.25) is 0 Å². The minimum Gasteiger partial charge on any atom is -0.324 e. The van der Waals surface area contributed by atoms with Gasteiger partial charge >= 0.3 is 7.60 Å². The highest BCUT2D eigenvalue weighted by Crippen LogP contribution is 2.45. The van der Waals surface area contributed by atoms with Crippen LogP contribution in [-0.4, -0.2) is 28.7 Å². The molecule has 0 saturated carbocycles. The normalized spacial score (nSPS) is 15.3. The van der Waals surface area contributed by atoms with Gasteiger partial charge in [-0.2, -0.15) is 11.8 Å². The van der Waals surface area contributed by atoms with E-state index in [1.54, 1.807) is 0 Å². The van der Waals surface area contributed by atoms with Crippen LogP contribution < -0.4 is 0 Å². The van der Waals surface area contributed by atoms with E-state index in [4.69, 9.17) is 4.52 Å². The molecule has 0 radical (unpaired) electrons. The minimum absolute atomic E-state index is 0.0819. The van der Waals surface area contributed by atoms with Crippen LogP contribution in [0.15, 0.2) is 0 Å². The summed E-state index contributed by atoms with van der Waals surface area (Å²) in [7, 11) is -3.40. The maximum Gasteiger partial charge on any atom is 0.328 e. The van der Waals surface area contributed by atoms with Gasteiger partial charge in [0, 0.05) is 11.9 Å². The largest absolute Gasteiger partial charge is 0.328 e. The summed E-state index contributed by atoms with van der Waals surface area (Å²) in [5.41, 5.74) is 0. The van der Waals surface area contributed by atoms with Gasteiger partial charge in [-0.05, 0) is 25.0 Å².